The molecule has 2 aromatic heterocycles. The lowest BCUT2D eigenvalue weighted by molar-refractivity contribution is 0.0751. The van der Waals surface area contributed by atoms with Gasteiger partial charge >= 0.3 is 0 Å². The molecule has 0 radical (unpaired) electrons. The van der Waals surface area contributed by atoms with Crippen LogP contribution in [0.1, 0.15) is 15.4 Å². The summed E-state index contributed by atoms with van der Waals surface area (Å²) in [5.41, 5.74) is 0.962. The quantitative estimate of drug-likeness (QED) is 0.713. The molecule has 1 amide bonds. The number of hydrogen-bond donors (Lipinski definition) is 0. The van der Waals surface area contributed by atoms with Crippen LogP contribution in [0.4, 0.5) is 11.8 Å². The van der Waals surface area contributed by atoms with Crippen molar-refractivity contribution < 1.29 is 9.53 Å². The summed E-state index contributed by atoms with van der Waals surface area (Å²) in [6.07, 6.45) is 0. The number of carbonyl (C=O) groups excluding carboxylic acids is 1. The van der Waals surface area contributed by atoms with Crippen LogP contribution >= 0.6 is 27.3 Å². The number of carbonyl (C=O) groups is 1. The fourth-order valence-corrected chi connectivity index (χ4v) is 4.72. The summed E-state index contributed by atoms with van der Waals surface area (Å²) in [6, 6.07) is 3.92. The number of rotatable bonds is 3. The van der Waals surface area contributed by atoms with E-state index in [0.717, 1.165) is 53.0 Å². The molecule has 2 saturated heterocycles. The van der Waals surface area contributed by atoms with E-state index in [0.29, 0.717) is 26.3 Å². The maximum atomic E-state index is 12.6. The predicted octanol–water partition coefficient (Wildman–Crippen LogP) is 2.41. The normalized spacial score (nSPS) is 18.1. The van der Waals surface area contributed by atoms with Crippen LogP contribution in [0.5, 0.6) is 0 Å². The van der Waals surface area contributed by atoms with E-state index in [1.54, 1.807) is 0 Å². The maximum absolute atomic E-state index is 12.6. The van der Waals surface area contributed by atoms with Gasteiger partial charge in [-0.25, -0.2) is 4.98 Å². The molecule has 0 saturated carbocycles. The average molecular weight is 452 g/mol. The Bertz CT molecular complexity index is 816. The predicted molar refractivity (Wildman–Crippen MR) is 110 cm³/mol. The number of aromatic nitrogens is 2. The Labute approximate surface area is 171 Å². The smallest absolute Gasteiger partial charge is 0.264 e. The first-order valence-electron chi connectivity index (χ1n) is 9.07. The van der Waals surface area contributed by atoms with Crippen molar-refractivity contribution in [2.45, 2.75) is 6.92 Å². The van der Waals surface area contributed by atoms with Gasteiger partial charge in [-0.05, 0) is 28.9 Å². The lowest BCUT2D eigenvalue weighted by Gasteiger charge is -2.36. The van der Waals surface area contributed by atoms with Gasteiger partial charge in [0.05, 0.1) is 18.1 Å². The summed E-state index contributed by atoms with van der Waals surface area (Å²) in [6.45, 7) is 8.02. The van der Waals surface area contributed by atoms with Gasteiger partial charge in [0, 0.05) is 60.9 Å². The van der Waals surface area contributed by atoms with E-state index in [1.807, 2.05) is 29.3 Å². The molecule has 0 aromatic carbocycles. The molecule has 0 spiro atoms. The minimum Gasteiger partial charge on any atom is -0.378 e. The SMILES string of the molecule is Cc1cc(N2CCN(C(=O)c3cc(Br)cs3)CC2)nc(N2CCOCC2)n1. The van der Waals surface area contributed by atoms with Gasteiger partial charge in [-0.3, -0.25) is 4.79 Å². The first-order chi connectivity index (χ1) is 13.1. The molecular formula is C18H22BrN5O2S. The number of aryl methyl sites for hydroxylation is 1. The Morgan fingerprint density at radius 1 is 1.07 bits per heavy atom. The molecule has 7 nitrogen and oxygen atoms in total. The number of amides is 1. The van der Waals surface area contributed by atoms with Gasteiger partial charge < -0.3 is 19.4 Å². The van der Waals surface area contributed by atoms with Crippen LogP contribution < -0.4 is 9.80 Å². The number of thiophene rings is 1. The number of halogens is 1. The molecule has 2 fully saturated rings. The molecule has 0 bridgehead atoms. The van der Waals surface area contributed by atoms with Gasteiger partial charge in [0.2, 0.25) is 5.95 Å². The van der Waals surface area contributed by atoms with E-state index in [4.69, 9.17) is 9.72 Å². The second-order valence-electron chi connectivity index (χ2n) is 6.68. The van der Waals surface area contributed by atoms with E-state index in [2.05, 4.69) is 30.7 Å². The molecule has 0 aliphatic carbocycles. The van der Waals surface area contributed by atoms with E-state index in [9.17, 15) is 4.79 Å². The highest BCUT2D eigenvalue weighted by molar-refractivity contribution is 9.10. The Balaban J connectivity index is 1.43. The van der Waals surface area contributed by atoms with Gasteiger partial charge in [0.1, 0.15) is 5.82 Å². The van der Waals surface area contributed by atoms with Gasteiger partial charge in [0.15, 0.2) is 0 Å². The second-order valence-corrected chi connectivity index (χ2v) is 8.50. The molecular weight excluding hydrogens is 430 g/mol. The van der Waals surface area contributed by atoms with Gasteiger partial charge in [-0.15, -0.1) is 11.3 Å². The zero-order valence-corrected chi connectivity index (χ0v) is 17.6. The number of nitrogens with zero attached hydrogens (tertiary/aromatic N) is 5. The largest absolute Gasteiger partial charge is 0.378 e. The fourth-order valence-electron chi connectivity index (χ4n) is 3.32. The number of hydrogen-bond acceptors (Lipinski definition) is 7. The molecule has 27 heavy (non-hydrogen) atoms. The minimum absolute atomic E-state index is 0.109. The van der Waals surface area contributed by atoms with Gasteiger partial charge in [-0.1, -0.05) is 0 Å². The zero-order valence-electron chi connectivity index (χ0n) is 15.2. The average Bonchev–Trinajstić information content (AvgIpc) is 3.14. The first kappa shape index (κ1) is 18.6. The van der Waals surface area contributed by atoms with Crippen molar-refractivity contribution >= 4 is 44.9 Å². The highest BCUT2D eigenvalue weighted by Gasteiger charge is 2.25. The topological polar surface area (TPSA) is 61.8 Å². The summed E-state index contributed by atoms with van der Waals surface area (Å²) in [5, 5.41) is 1.94. The summed E-state index contributed by atoms with van der Waals surface area (Å²) < 4.78 is 6.38. The summed E-state index contributed by atoms with van der Waals surface area (Å²) >= 11 is 4.90. The third kappa shape index (κ3) is 4.25. The van der Waals surface area contributed by atoms with Gasteiger partial charge in [-0.2, -0.15) is 4.98 Å². The van der Waals surface area contributed by atoms with Gasteiger partial charge in [0.25, 0.3) is 5.91 Å². The number of morpholine rings is 1. The summed E-state index contributed by atoms with van der Waals surface area (Å²) in [4.78, 5) is 29.1. The van der Waals surface area contributed by atoms with Crippen LogP contribution in [-0.4, -0.2) is 73.3 Å². The lowest BCUT2D eigenvalue weighted by atomic mass is 10.2. The summed E-state index contributed by atoms with van der Waals surface area (Å²) in [7, 11) is 0. The van der Waals surface area contributed by atoms with Crippen molar-refractivity contribution in [3.8, 4) is 0 Å². The third-order valence-corrected chi connectivity index (χ3v) is 6.47. The Hall–Kier alpha value is -1.71. The molecule has 4 heterocycles. The highest BCUT2D eigenvalue weighted by atomic mass is 79.9. The number of anilines is 2. The summed E-state index contributed by atoms with van der Waals surface area (Å²) in [5.74, 6) is 1.82. The van der Waals surface area contributed by atoms with Crippen molar-refractivity contribution in [1.82, 2.24) is 14.9 Å². The number of piperazine rings is 1. The van der Waals surface area contributed by atoms with E-state index in [-0.39, 0.29) is 5.91 Å². The monoisotopic (exact) mass is 451 g/mol. The van der Waals surface area contributed by atoms with Crippen LogP contribution in [0.3, 0.4) is 0 Å². The van der Waals surface area contributed by atoms with Crippen LogP contribution in [0.25, 0.3) is 0 Å². The van der Waals surface area contributed by atoms with Crippen LogP contribution in [-0.2, 0) is 4.74 Å². The van der Waals surface area contributed by atoms with Crippen molar-refractivity contribution in [3.63, 3.8) is 0 Å². The lowest BCUT2D eigenvalue weighted by Crippen LogP contribution is -2.49. The zero-order chi connectivity index (χ0) is 18.8. The van der Waals surface area contributed by atoms with Crippen LogP contribution in [0, 0.1) is 6.92 Å². The Kier molecular flexibility index (Phi) is 5.60. The van der Waals surface area contributed by atoms with Crippen molar-refractivity contribution in [2.75, 3.05) is 62.3 Å². The van der Waals surface area contributed by atoms with Crippen molar-refractivity contribution in [2.24, 2.45) is 0 Å². The Morgan fingerprint density at radius 2 is 1.81 bits per heavy atom. The van der Waals surface area contributed by atoms with Crippen LogP contribution in [0.15, 0.2) is 22.0 Å². The number of ether oxygens (including phenoxy) is 1. The minimum atomic E-state index is 0.109. The van der Waals surface area contributed by atoms with E-state index >= 15 is 0 Å². The standard InChI is InChI=1S/C18H22BrN5O2S/c1-13-10-16(21-18(20-13)24-6-8-26-9-7-24)22-2-4-23(5-3-22)17(25)15-11-14(19)12-27-15/h10-12H,2-9H2,1H3. The fraction of sp³-hybridized carbons (Fsp3) is 0.500. The molecule has 2 aromatic rings. The molecule has 0 atom stereocenters. The molecule has 0 unspecified atom stereocenters. The molecule has 0 N–H and O–H groups in total. The van der Waals surface area contributed by atoms with Crippen molar-refractivity contribution in [1.29, 1.82) is 0 Å². The first-order valence-corrected chi connectivity index (χ1v) is 10.7. The highest BCUT2D eigenvalue weighted by Crippen LogP contribution is 2.23. The van der Waals surface area contributed by atoms with E-state index < -0.39 is 0 Å². The molecule has 144 valence electrons. The molecule has 4 rings (SSSR count). The molecule has 9 heteroatoms. The van der Waals surface area contributed by atoms with E-state index in [1.165, 1.54) is 11.3 Å². The van der Waals surface area contributed by atoms with Crippen LogP contribution in [0.2, 0.25) is 0 Å². The van der Waals surface area contributed by atoms with Crippen molar-refractivity contribution in [3.05, 3.63) is 32.6 Å². The maximum Gasteiger partial charge on any atom is 0.264 e. The Morgan fingerprint density at radius 3 is 2.48 bits per heavy atom. The second kappa shape index (κ2) is 8.12. The molecule has 2 aliphatic rings. The third-order valence-electron chi connectivity index (χ3n) is 4.79. The molecule has 2 aliphatic heterocycles.